The van der Waals surface area contributed by atoms with Gasteiger partial charge >= 0.3 is 5.97 Å². The van der Waals surface area contributed by atoms with Crippen molar-refractivity contribution < 1.29 is 19.4 Å². The van der Waals surface area contributed by atoms with Crippen LogP contribution in [0.4, 0.5) is 0 Å². The Hall–Kier alpha value is -2.20. The number of ether oxygens (including phenoxy) is 2. The van der Waals surface area contributed by atoms with Crippen molar-refractivity contribution in [2.24, 2.45) is 5.92 Å². The number of halogens is 1. The van der Waals surface area contributed by atoms with E-state index < -0.39 is 11.9 Å². The lowest BCUT2D eigenvalue weighted by molar-refractivity contribution is -0.141. The highest BCUT2D eigenvalue weighted by atomic mass is 35.5. The van der Waals surface area contributed by atoms with Crippen LogP contribution in [0.25, 0.3) is 0 Å². The minimum atomic E-state index is -0.858. The number of hydrogen-bond acceptors (Lipinski definition) is 3. The predicted molar refractivity (Wildman–Crippen MR) is 89.3 cm³/mol. The van der Waals surface area contributed by atoms with Crippen molar-refractivity contribution in [2.75, 3.05) is 6.61 Å². The summed E-state index contributed by atoms with van der Waals surface area (Å²) in [5.41, 5.74) is 3.06. The second kappa shape index (κ2) is 7.88. The Balaban J connectivity index is 2.22. The van der Waals surface area contributed by atoms with Gasteiger partial charge in [-0.3, -0.25) is 4.79 Å². The Morgan fingerprint density at radius 2 is 2.09 bits per heavy atom. The van der Waals surface area contributed by atoms with Gasteiger partial charge in [-0.25, -0.2) is 0 Å². The molecule has 1 N–H and O–H groups in total. The third kappa shape index (κ3) is 4.39. The Bertz CT molecular complexity index is 656. The fourth-order valence-electron chi connectivity index (χ4n) is 2.38. The van der Waals surface area contributed by atoms with Gasteiger partial charge in [-0.05, 0) is 32.4 Å². The number of carboxylic acids is 1. The first-order valence-electron chi connectivity index (χ1n) is 7.34. The molecule has 23 heavy (non-hydrogen) atoms. The summed E-state index contributed by atoms with van der Waals surface area (Å²) in [6, 6.07) is 7.55. The predicted octanol–water partition coefficient (Wildman–Crippen LogP) is 4.41. The molecule has 1 unspecified atom stereocenters. The van der Waals surface area contributed by atoms with Gasteiger partial charge in [0.15, 0.2) is 0 Å². The van der Waals surface area contributed by atoms with Gasteiger partial charge in [-0.15, -0.1) is 0 Å². The molecule has 0 aliphatic carbocycles. The normalized spacial score (nSPS) is 22.0. The average Bonchev–Trinajstić information content (AvgIpc) is 2.55. The van der Waals surface area contributed by atoms with Crippen LogP contribution < -0.4 is 4.74 Å². The quantitative estimate of drug-likeness (QED) is 0.829. The van der Waals surface area contributed by atoms with Gasteiger partial charge in [0.1, 0.15) is 17.3 Å². The number of benzene rings is 1. The zero-order valence-corrected chi connectivity index (χ0v) is 13.8. The summed E-state index contributed by atoms with van der Waals surface area (Å²) in [5.74, 6) is 0.0761. The second-order valence-electron chi connectivity index (χ2n) is 5.21. The molecule has 2 rings (SSSR count). The van der Waals surface area contributed by atoms with Gasteiger partial charge < -0.3 is 14.6 Å². The van der Waals surface area contributed by atoms with Crippen LogP contribution in [0.1, 0.15) is 18.9 Å². The van der Waals surface area contributed by atoms with E-state index in [0.717, 1.165) is 5.56 Å². The molecule has 5 heteroatoms. The molecule has 0 amide bonds. The first kappa shape index (κ1) is 17.2. The Kier molecular flexibility index (Phi) is 5.88. The molecule has 0 saturated carbocycles. The summed E-state index contributed by atoms with van der Waals surface area (Å²) in [5, 5.41) is 9.31. The molecule has 1 aliphatic heterocycles. The van der Waals surface area contributed by atoms with Crippen LogP contribution in [-0.2, 0) is 9.53 Å². The monoisotopic (exact) mass is 334 g/mol. The van der Waals surface area contributed by atoms with E-state index >= 15 is 0 Å². The number of aliphatic carboxylic acids is 1. The van der Waals surface area contributed by atoms with Crippen LogP contribution >= 0.6 is 11.6 Å². The first-order valence-corrected chi connectivity index (χ1v) is 7.77. The SMILES string of the molecule is C\C=C1/C(=C\C(=C\Cl)Oc2ccc(C)cc2)OCCC1C(=O)O. The molecule has 1 aliphatic rings. The third-order valence-corrected chi connectivity index (χ3v) is 3.79. The maximum absolute atomic E-state index is 11.4. The molecule has 1 aromatic carbocycles. The van der Waals surface area contributed by atoms with Crippen LogP contribution in [0, 0.1) is 12.8 Å². The first-order chi connectivity index (χ1) is 11.0. The number of hydrogen-bond donors (Lipinski definition) is 1. The standard InChI is InChI=1S/C18H19ClO4/c1-3-15-16(18(20)21)8-9-22-17(15)10-14(11-19)23-13-6-4-12(2)5-7-13/h3-7,10-11,16H,8-9H2,1-2H3,(H,20,21)/b14-11-,15-3-,17-10+. The minimum Gasteiger partial charge on any atom is -0.493 e. The fraction of sp³-hybridized carbons (Fsp3) is 0.278. The lowest BCUT2D eigenvalue weighted by atomic mass is 9.91. The van der Waals surface area contributed by atoms with E-state index in [1.807, 2.05) is 31.2 Å². The van der Waals surface area contributed by atoms with Gasteiger partial charge in [0.05, 0.1) is 12.5 Å². The fourth-order valence-corrected chi connectivity index (χ4v) is 2.48. The van der Waals surface area contributed by atoms with E-state index in [1.165, 1.54) is 5.54 Å². The molecule has 4 nitrogen and oxygen atoms in total. The van der Waals surface area contributed by atoms with E-state index in [9.17, 15) is 9.90 Å². The molecule has 0 aromatic heterocycles. The van der Waals surface area contributed by atoms with Crippen molar-refractivity contribution in [1.29, 1.82) is 0 Å². The summed E-state index contributed by atoms with van der Waals surface area (Å²) in [4.78, 5) is 11.4. The molecular formula is C18H19ClO4. The van der Waals surface area contributed by atoms with Crippen molar-refractivity contribution in [1.82, 2.24) is 0 Å². The molecule has 1 atom stereocenters. The molecular weight excluding hydrogens is 316 g/mol. The van der Waals surface area contributed by atoms with Crippen molar-refractivity contribution >= 4 is 17.6 Å². The van der Waals surface area contributed by atoms with Gasteiger partial charge in [0, 0.05) is 17.2 Å². The maximum Gasteiger partial charge on any atom is 0.311 e. The van der Waals surface area contributed by atoms with Crippen LogP contribution in [0.5, 0.6) is 5.75 Å². The summed E-state index contributed by atoms with van der Waals surface area (Å²) in [6.07, 6.45) is 3.82. The molecule has 0 bridgehead atoms. The molecule has 1 saturated heterocycles. The highest BCUT2D eigenvalue weighted by Gasteiger charge is 2.29. The van der Waals surface area contributed by atoms with Gasteiger partial charge in [-0.1, -0.05) is 35.4 Å². The van der Waals surface area contributed by atoms with E-state index in [1.54, 1.807) is 19.1 Å². The van der Waals surface area contributed by atoms with E-state index in [-0.39, 0.29) is 0 Å². The number of aryl methyl sites for hydroxylation is 1. The number of carboxylic acid groups (broad SMARTS) is 1. The zero-order chi connectivity index (χ0) is 16.8. The van der Waals surface area contributed by atoms with Crippen molar-refractivity contribution in [3.8, 4) is 5.75 Å². The lowest BCUT2D eigenvalue weighted by Gasteiger charge is -2.25. The third-order valence-electron chi connectivity index (χ3n) is 3.57. The highest BCUT2D eigenvalue weighted by Crippen LogP contribution is 2.31. The van der Waals surface area contributed by atoms with Gasteiger partial charge in [0.2, 0.25) is 0 Å². The van der Waals surface area contributed by atoms with Crippen molar-refractivity contribution in [3.05, 3.63) is 64.6 Å². The molecule has 122 valence electrons. The molecule has 1 aromatic rings. The Labute approximate surface area is 140 Å². The highest BCUT2D eigenvalue weighted by molar-refractivity contribution is 6.25. The number of rotatable bonds is 4. The van der Waals surface area contributed by atoms with Crippen molar-refractivity contribution in [3.63, 3.8) is 0 Å². The Morgan fingerprint density at radius 1 is 1.39 bits per heavy atom. The second-order valence-corrected chi connectivity index (χ2v) is 5.43. The summed E-state index contributed by atoms with van der Waals surface area (Å²) in [6.45, 7) is 4.13. The van der Waals surface area contributed by atoms with Gasteiger partial charge in [0.25, 0.3) is 0 Å². The largest absolute Gasteiger partial charge is 0.493 e. The smallest absolute Gasteiger partial charge is 0.311 e. The Morgan fingerprint density at radius 3 is 2.65 bits per heavy atom. The van der Waals surface area contributed by atoms with Crippen LogP contribution in [0.15, 0.2) is 59.0 Å². The molecule has 1 fully saturated rings. The van der Waals surface area contributed by atoms with Crippen LogP contribution in [0.3, 0.4) is 0 Å². The summed E-state index contributed by atoms with van der Waals surface area (Å²) >= 11 is 5.83. The average molecular weight is 335 g/mol. The number of allylic oxidation sites excluding steroid dienone is 3. The summed E-state index contributed by atoms with van der Waals surface area (Å²) < 4.78 is 11.3. The lowest BCUT2D eigenvalue weighted by Crippen LogP contribution is -2.25. The minimum absolute atomic E-state index is 0.347. The van der Waals surface area contributed by atoms with E-state index in [2.05, 4.69) is 0 Å². The van der Waals surface area contributed by atoms with Gasteiger partial charge in [-0.2, -0.15) is 0 Å². The van der Waals surface area contributed by atoms with Crippen molar-refractivity contribution in [2.45, 2.75) is 20.3 Å². The molecule has 1 heterocycles. The molecule has 0 radical (unpaired) electrons. The maximum atomic E-state index is 11.4. The van der Waals surface area contributed by atoms with E-state index in [4.69, 9.17) is 21.1 Å². The topological polar surface area (TPSA) is 55.8 Å². The van der Waals surface area contributed by atoms with Crippen LogP contribution in [-0.4, -0.2) is 17.7 Å². The summed E-state index contributed by atoms with van der Waals surface area (Å²) in [7, 11) is 0. The van der Waals surface area contributed by atoms with Crippen LogP contribution in [0.2, 0.25) is 0 Å². The number of carbonyl (C=O) groups is 1. The zero-order valence-electron chi connectivity index (χ0n) is 13.1. The van der Waals surface area contributed by atoms with E-state index in [0.29, 0.717) is 35.9 Å². The molecule has 0 spiro atoms.